The summed E-state index contributed by atoms with van der Waals surface area (Å²) in [6, 6.07) is 49.7. The van der Waals surface area contributed by atoms with Gasteiger partial charge in [0.2, 0.25) is 5.95 Å². The Balaban J connectivity index is 1.32. The molecule has 10 rings (SSSR count). The third-order valence-corrected chi connectivity index (χ3v) is 9.30. The van der Waals surface area contributed by atoms with Crippen molar-refractivity contribution in [2.75, 3.05) is 0 Å². The molecule has 6 aromatic carbocycles. The molecule has 0 saturated carbocycles. The zero-order valence-electron chi connectivity index (χ0n) is 25.1. The van der Waals surface area contributed by atoms with Crippen molar-refractivity contribution < 1.29 is 0 Å². The van der Waals surface area contributed by atoms with E-state index < -0.39 is 0 Å². The zero-order chi connectivity index (χ0) is 31.1. The van der Waals surface area contributed by atoms with Crippen LogP contribution in [0.15, 0.2) is 157 Å². The molecule has 0 bridgehead atoms. The maximum Gasteiger partial charge on any atom is 0.266 e. The van der Waals surface area contributed by atoms with Gasteiger partial charge in [0.15, 0.2) is 0 Å². The van der Waals surface area contributed by atoms with E-state index in [2.05, 4.69) is 88.0 Å². The van der Waals surface area contributed by atoms with Crippen LogP contribution in [0.5, 0.6) is 0 Å². The Hall–Kier alpha value is -6.53. The molecule has 0 aliphatic heterocycles. The number of rotatable bonds is 3. The van der Waals surface area contributed by atoms with Crippen LogP contribution in [0.4, 0.5) is 0 Å². The van der Waals surface area contributed by atoms with Crippen molar-refractivity contribution >= 4 is 65.4 Å². The molecule has 0 spiro atoms. The van der Waals surface area contributed by atoms with Crippen molar-refractivity contribution in [3.63, 3.8) is 0 Å². The van der Waals surface area contributed by atoms with Crippen LogP contribution in [-0.4, -0.2) is 23.7 Å². The van der Waals surface area contributed by atoms with E-state index >= 15 is 0 Å². The van der Waals surface area contributed by atoms with Crippen molar-refractivity contribution in [1.29, 1.82) is 0 Å². The molecule has 0 N–H and O–H groups in total. The molecule has 0 aliphatic rings. The minimum absolute atomic E-state index is 0.146. The second-order valence-electron chi connectivity index (χ2n) is 11.9. The predicted molar refractivity (Wildman–Crippen MR) is 191 cm³/mol. The molecular formula is C41H25N5O. The summed E-state index contributed by atoms with van der Waals surface area (Å²) >= 11 is 0. The molecule has 6 heteroatoms. The Morgan fingerprint density at radius 1 is 0.404 bits per heavy atom. The standard InChI is InChI=1S/C41H25N5O/c47-40-33-25-42-41(43-39(33)30-19-9-12-22-36(30)45(40)27-15-5-2-6-16-27)46-35-21-11-8-18-29(35)32-23-31-28-17-7-10-20-34(28)44(37(31)24-38(32)46)26-13-3-1-4-14-26/h1-25H. The molecule has 0 amide bonds. The first-order valence-corrected chi connectivity index (χ1v) is 15.6. The van der Waals surface area contributed by atoms with Crippen molar-refractivity contribution in [1.82, 2.24) is 23.7 Å². The van der Waals surface area contributed by atoms with Gasteiger partial charge in [-0.3, -0.25) is 13.9 Å². The molecular weight excluding hydrogens is 578 g/mol. The number of benzene rings is 6. The normalized spacial score (nSPS) is 11.9. The molecule has 10 aromatic rings. The Morgan fingerprint density at radius 3 is 1.53 bits per heavy atom. The highest BCUT2D eigenvalue weighted by Gasteiger charge is 2.21. The summed E-state index contributed by atoms with van der Waals surface area (Å²) in [5.41, 5.74) is 7.46. The molecule has 0 fully saturated rings. The smallest absolute Gasteiger partial charge is 0.266 e. The predicted octanol–water partition coefficient (Wildman–Crippen LogP) is 9.13. The van der Waals surface area contributed by atoms with E-state index in [1.54, 1.807) is 10.8 Å². The van der Waals surface area contributed by atoms with Crippen LogP contribution < -0.4 is 5.56 Å². The molecule has 4 heterocycles. The van der Waals surface area contributed by atoms with Crippen LogP contribution in [0.1, 0.15) is 0 Å². The monoisotopic (exact) mass is 603 g/mol. The molecule has 6 nitrogen and oxygen atoms in total. The van der Waals surface area contributed by atoms with Crippen LogP contribution in [0.25, 0.3) is 82.7 Å². The lowest BCUT2D eigenvalue weighted by atomic mass is 10.1. The molecule has 0 saturated heterocycles. The minimum Gasteiger partial charge on any atom is -0.309 e. The fourth-order valence-corrected chi connectivity index (χ4v) is 7.28. The topological polar surface area (TPSA) is 57.6 Å². The average Bonchev–Trinajstić information content (AvgIpc) is 3.63. The molecule has 0 aliphatic carbocycles. The van der Waals surface area contributed by atoms with Crippen molar-refractivity contribution in [3.05, 3.63) is 162 Å². The fourth-order valence-electron chi connectivity index (χ4n) is 7.28. The third kappa shape index (κ3) is 3.64. The van der Waals surface area contributed by atoms with Crippen molar-refractivity contribution in [3.8, 4) is 17.3 Å². The first-order valence-electron chi connectivity index (χ1n) is 15.6. The van der Waals surface area contributed by atoms with Crippen LogP contribution in [0.3, 0.4) is 0 Å². The van der Waals surface area contributed by atoms with Gasteiger partial charge in [-0.1, -0.05) is 91.0 Å². The van der Waals surface area contributed by atoms with Gasteiger partial charge in [-0.25, -0.2) is 9.97 Å². The van der Waals surface area contributed by atoms with E-state index in [1.165, 1.54) is 10.8 Å². The molecule has 0 radical (unpaired) electrons. The average molecular weight is 604 g/mol. The van der Waals surface area contributed by atoms with Crippen LogP contribution >= 0.6 is 0 Å². The Bertz CT molecular complexity index is 2920. The number of fused-ring (bicyclic) bond motifs is 9. The molecule has 220 valence electrons. The zero-order valence-corrected chi connectivity index (χ0v) is 25.1. The van der Waals surface area contributed by atoms with Gasteiger partial charge >= 0.3 is 0 Å². The largest absolute Gasteiger partial charge is 0.309 e. The summed E-state index contributed by atoms with van der Waals surface area (Å²) in [7, 11) is 0. The first kappa shape index (κ1) is 25.8. The van der Waals surface area contributed by atoms with E-state index in [4.69, 9.17) is 9.97 Å². The van der Waals surface area contributed by atoms with E-state index in [-0.39, 0.29) is 5.56 Å². The molecule has 0 atom stereocenters. The van der Waals surface area contributed by atoms with Crippen molar-refractivity contribution in [2.45, 2.75) is 0 Å². The fraction of sp³-hybridized carbons (Fsp3) is 0. The quantitative estimate of drug-likeness (QED) is 0.189. The van der Waals surface area contributed by atoms with Gasteiger partial charge in [0.05, 0.1) is 38.5 Å². The van der Waals surface area contributed by atoms with E-state index in [9.17, 15) is 4.79 Å². The maximum absolute atomic E-state index is 14.0. The lowest BCUT2D eigenvalue weighted by Crippen LogP contribution is -2.20. The van der Waals surface area contributed by atoms with Gasteiger partial charge in [-0.15, -0.1) is 0 Å². The van der Waals surface area contributed by atoms with Gasteiger partial charge < -0.3 is 4.57 Å². The second-order valence-corrected chi connectivity index (χ2v) is 11.9. The summed E-state index contributed by atoms with van der Waals surface area (Å²) in [4.78, 5) is 24.1. The molecule has 4 aromatic heterocycles. The van der Waals surface area contributed by atoms with Crippen LogP contribution in [-0.2, 0) is 0 Å². The third-order valence-electron chi connectivity index (χ3n) is 9.30. The summed E-state index contributed by atoms with van der Waals surface area (Å²) in [6.45, 7) is 0. The highest BCUT2D eigenvalue weighted by molar-refractivity contribution is 6.19. The van der Waals surface area contributed by atoms with Gasteiger partial charge in [0.1, 0.15) is 0 Å². The summed E-state index contributed by atoms with van der Waals surface area (Å²) in [6.07, 6.45) is 1.69. The second kappa shape index (κ2) is 9.73. The number of para-hydroxylation sites is 5. The van der Waals surface area contributed by atoms with Gasteiger partial charge in [0, 0.05) is 44.5 Å². The number of pyridine rings is 1. The maximum atomic E-state index is 14.0. The lowest BCUT2D eigenvalue weighted by molar-refractivity contribution is 1.00. The van der Waals surface area contributed by atoms with E-state index in [0.717, 1.165) is 55.1 Å². The van der Waals surface area contributed by atoms with Crippen LogP contribution in [0.2, 0.25) is 0 Å². The Kier molecular flexibility index (Phi) is 5.33. The Labute approximate surface area is 268 Å². The van der Waals surface area contributed by atoms with Crippen molar-refractivity contribution in [2.24, 2.45) is 0 Å². The number of hydrogen-bond donors (Lipinski definition) is 0. The van der Waals surface area contributed by atoms with Crippen LogP contribution in [0, 0.1) is 0 Å². The Morgan fingerprint density at radius 2 is 0.894 bits per heavy atom. The van der Waals surface area contributed by atoms with Gasteiger partial charge in [-0.05, 0) is 54.6 Å². The highest BCUT2D eigenvalue weighted by atomic mass is 16.1. The summed E-state index contributed by atoms with van der Waals surface area (Å²) < 4.78 is 6.21. The highest BCUT2D eigenvalue weighted by Crippen LogP contribution is 2.39. The number of aromatic nitrogens is 5. The number of nitrogens with zero attached hydrogens (tertiary/aromatic N) is 5. The molecule has 47 heavy (non-hydrogen) atoms. The SMILES string of the molecule is O=c1c2cnc(-n3c4ccccc4c4cc5c6ccccc6n(-c6ccccc6)c5cc43)nc2c2ccccc2n1-c1ccccc1. The minimum atomic E-state index is -0.146. The lowest BCUT2D eigenvalue weighted by Gasteiger charge is -2.14. The summed E-state index contributed by atoms with van der Waals surface area (Å²) in [5.74, 6) is 0.521. The van der Waals surface area contributed by atoms with E-state index in [1.807, 2.05) is 66.7 Å². The van der Waals surface area contributed by atoms with Gasteiger partial charge in [0.25, 0.3) is 5.56 Å². The first-order chi connectivity index (χ1) is 23.3. The molecule has 0 unspecified atom stereocenters. The summed E-state index contributed by atoms with van der Waals surface area (Å²) in [5, 5.41) is 6.00. The van der Waals surface area contributed by atoms with E-state index in [0.29, 0.717) is 16.9 Å². The number of hydrogen-bond acceptors (Lipinski definition) is 3. The van der Waals surface area contributed by atoms with Gasteiger partial charge in [-0.2, -0.15) is 0 Å².